The molecule has 0 aliphatic carbocycles. The van der Waals surface area contributed by atoms with Gasteiger partial charge in [0, 0.05) is 18.0 Å². The van der Waals surface area contributed by atoms with E-state index in [4.69, 9.17) is 37.0 Å². The number of aliphatic hydroxyl groups is 1. The van der Waals surface area contributed by atoms with Crippen LogP contribution >= 0.6 is 15.6 Å². The van der Waals surface area contributed by atoms with Crippen molar-refractivity contribution >= 4 is 39.2 Å². The van der Waals surface area contributed by atoms with Crippen LogP contribution < -0.4 is 0 Å². The minimum atomic E-state index is -4.55. The summed E-state index contributed by atoms with van der Waals surface area (Å²) >= 11 is 0. The molecule has 37 heavy (non-hydrogen) atoms. The van der Waals surface area contributed by atoms with E-state index >= 15 is 0 Å². The van der Waals surface area contributed by atoms with Crippen molar-refractivity contribution in [3.63, 3.8) is 0 Å². The van der Waals surface area contributed by atoms with Crippen LogP contribution in [0.4, 0.5) is 0 Å². The van der Waals surface area contributed by atoms with Crippen molar-refractivity contribution in [1.82, 2.24) is 0 Å². The maximum Gasteiger partial charge on any atom is 0.472 e. The molecule has 3 N–H and O–H groups in total. The van der Waals surface area contributed by atoms with E-state index in [9.17, 15) is 24.0 Å². The number of aliphatic hydroxyl groups excluding tert-OH is 1. The number of rotatable bonds is 12. The van der Waals surface area contributed by atoms with Gasteiger partial charge in [-0.2, -0.15) is 0 Å². The Kier molecular flexibility index (Phi) is 11.0. The van der Waals surface area contributed by atoms with Gasteiger partial charge in [-0.3, -0.25) is 18.1 Å². The van der Waals surface area contributed by atoms with E-state index in [1.165, 1.54) is 0 Å². The first kappa shape index (κ1) is 31.7. The maximum absolute atomic E-state index is 12.7. The van der Waals surface area contributed by atoms with Crippen molar-refractivity contribution in [2.45, 2.75) is 100 Å². The van der Waals surface area contributed by atoms with Crippen LogP contribution in [0, 0.1) is 0 Å². The molecule has 0 saturated carbocycles. The zero-order valence-electron chi connectivity index (χ0n) is 22.3. The molecule has 0 aromatic rings. The Hall–Kier alpha value is 0.215. The van der Waals surface area contributed by atoms with Crippen LogP contribution in [-0.4, -0.2) is 118 Å². The van der Waals surface area contributed by atoms with Gasteiger partial charge in [0.05, 0.1) is 43.7 Å². The Bertz CT molecular complexity index is 849. The average molecular weight is 570 g/mol. The molecule has 0 radical (unpaired) electrons. The first-order valence-electron chi connectivity index (χ1n) is 12.6. The predicted molar refractivity (Wildman–Crippen MR) is 138 cm³/mol. The molecule has 0 amide bonds. The summed E-state index contributed by atoms with van der Waals surface area (Å²) in [4.78, 5) is 20.5. The first-order chi connectivity index (χ1) is 17.0. The largest absolute Gasteiger partial charge is 0.472 e. The Morgan fingerprint density at radius 3 is 1.59 bits per heavy atom. The SMILES string of the molecule is BC1CC(O)C(COP(=O)(O)OC2CC(B)OC2COP(=O)(O)OC2CC(B)OC2COC(C)(C)C)O1. The van der Waals surface area contributed by atoms with E-state index in [1.807, 2.05) is 28.6 Å². The van der Waals surface area contributed by atoms with Crippen molar-refractivity contribution in [3.8, 4) is 0 Å². The normalized spacial score (nSPS) is 40.0. The fourth-order valence-electron chi connectivity index (χ4n) is 4.51. The monoisotopic (exact) mass is 570 g/mol. The highest BCUT2D eigenvalue weighted by molar-refractivity contribution is 7.47. The molecule has 18 heteroatoms. The lowest BCUT2D eigenvalue weighted by Gasteiger charge is -2.26. The van der Waals surface area contributed by atoms with Crippen LogP contribution in [0.15, 0.2) is 0 Å². The topological polar surface area (TPSA) is 169 Å². The summed E-state index contributed by atoms with van der Waals surface area (Å²) in [6.07, 6.45) is -3.65. The van der Waals surface area contributed by atoms with Crippen molar-refractivity contribution in [2.75, 3.05) is 19.8 Å². The molecule has 0 aromatic heterocycles. The zero-order valence-corrected chi connectivity index (χ0v) is 24.0. The fourth-order valence-corrected chi connectivity index (χ4v) is 6.43. The molecule has 0 bridgehead atoms. The second-order valence-corrected chi connectivity index (χ2v) is 13.8. The third kappa shape index (κ3) is 10.3. The summed E-state index contributed by atoms with van der Waals surface area (Å²) in [6.45, 7) is 5.12. The molecule has 3 rings (SSSR count). The summed E-state index contributed by atoms with van der Waals surface area (Å²) in [5.74, 6) is 0. The highest BCUT2D eigenvalue weighted by Gasteiger charge is 2.44. The van der Waals surface area contributed by atoms with Gasteiger partial charge in [0.2, 0.25) is 0 Å². The van der Waals surface area contributed by atoms with Gasteiger partial charge in [-0.1, -0.05) is 0 Å². The average Bonchev–Trinajstić information content (AvgIpc) is 3.38. The first-order valence-corrected chi connectivity index (χ1v) is 15.6. The highest BCUT2D eigenvalue weighted by Crippen LogP contribution is 2.50. The smallest absolute Gasteiger partial charge is 0.390 e. The summed E-state index contributed by atoms with van der Waals surface area (Å²) in [7, 11) is -3.74. The molecular formula is C19H39B3O13P2. The van der Waals surface area contributed by atoms with Crippen molar-refractivity contribution in [3.05, 3.63) is 0 Å². The van der Waals surface area contributed by atoms with Crippen molar-refractivity contribution < 1.29 is 61.1 Å². The number of hydrogen-bond acceptors (Lipinski definition) is 11. The van der Waals surface area contributed by atoms with E-state index in [0.29, 0.717) is 12.8 Å². The summed E-state index contributed by atoms with van der Waals surface area (Å²) in [5.41, 5.74) is -0.414. The van der Waals surface area contributed by atoms with Gasteiger partial charge in [-0.15, -0.1) is 0 Å². The molecule has 0 aromatic carbocycles. The highest BCUT2D eigenvalue weighted by atomic mass is 31.2. The summed E-state index contributed by atoms with van der Waals surface area (Å²) in [6, 6.07) is -0.737. The van der Waals surface area contributed by atoms with Gasteiger partial charge in [-0.05, 0) is 40.0 Å². The lowest BCUT2D eigenvalue weighted by molar-refractivity contribution is -0.0813. The van der Waals surface area contributed by atoms with Crippen LogP contribution in [0.2, 0.25) is 0 Å². The molecule has 3 saturated heterocycles. The van der Waals surface area contributed by atoms with Crippen LogP contribution in [0.25, 0.3) is 0 Å². The molecule has 212 valence electrons. The molecule has 11 atom stereocenters. The third-order valence-corrected chi connectivity index (χ3v) is 8.23. The molecular weight excluding hydrogens is 531 g/mol. The Morgan fingerprint density at radius 1 is 0.757 bits per heavy atom. The van der Waals surface area contributed by atoms with Crippen molar-refractivity contribution in [2.24, 2.45) is 0 Å². The van der Waals surface area contributed by atoms with Gasteiger partial charge in [0.15, 0.2) is 0 Å². The van der Waals surface area contributed by atoms with E-state index < -0.39 is 64.5 Å². The van der Waals surface area contributed by atoms with E-state index in [-0.39, 0.29) is 37.6 Å². The molecule has 3 aliphatic heterocycles. The van der Waals surface area contributed by atoms with Crippen LogP contribution in [0.3, 0.4) is 0 Å². The molecule has 11 unspecified atom stereocenters. The third-order valence-electron chi connectivity index (χ3n) is 6.20. The van der Waals surface area contributed by atoms with Gasteiger partial charge in [-0.25, -0.2) is 9.13 Å². The second kappa shape index (κ2) is 12.8. The minimum absolute atomic E-state index is 0.186. The predicted octanol–water partition coefficient (Wildman–Crippen LogP) is -1.59. The number of phosphoric acid groups is 2. The molecule has 13 nitrogen and oxygen atoms in total. The number of phosphoric ester groups is 2. The summed E-state index contributed by atoms with van der Waals surface area (Å²) < 4.78 is 68.8. The number of hydrogen-bond donors (Lipinski definition) is 3. The van der Waals surface area contributed by atoms with Gasteiger partial charge < -0.3 is 33.8 Å². The lowest BCUT2D eigenvalue weighted by atomic mass is 9.96. The van der Waals surface area contributed by atoms with Crippen molar-refractivity contribution in [1.29, 1.82) is 0 Å². The van der Waals surface area contributed by atoms with E-state index in [0.717, 1.165) is 0 Å². The quantitative estimate of drug-likeness (QED) is 0.182. The standard InChI is InChI=1S/C19H39B3O13P2/c1-19(2,3)28-7-14-11(5-17(21)32-14)34-37(26,27)30-9-15-12(6-18(22)33-15)35-36(24,25)29-8-13-10(23)4-16(20)31-13/h10-18,23H,4-9,20-22H2,1-3H3,(H,24,25)(H,26,27). The van der Waals surface area contributed by atoms with Crippen LogP contribution in [-0.2, 0) is 46.2 Å². The van der Waals surface area contributed by atoms with Crippen LogP contribution in [0.1, 0.15) is 40.0 Å². The fraction of sp³-hybridized carbons (Fsp3) is 1.00. The van der Waals surface area contributed by atoms with Gasteiger partial charge in [0.25, 0.3) is 0 Å². The lowest BCUT2D eigenvalue weighted by Crippen LogP contribution is -2.33. The minimum Gasteiger partial charge on any atom is -0.390 e. The number of ether oxygens (including phenoxy) is 4. The molecule has 0 spiro atoms. The maximum atomic E-state index is 12.7. The Morgan fingerprint density at radius 2 is 1.16 bits per heavy atom. The van der Waals surface area contributed by atoms with E-state index in [1.54, 1.807) is 15.7 Å². The Labute approximate surface area is 220 Å². The molecule has 3 heterocycles. The van der Waals surface area contributed by atoms with E-state index in [2.05, 4.69) is 0 Å². The Balaban J connectivity index is 1.50. The zero-order chi connectivity index (χ0) is 27.6. The molecule has 3 fully saturated rings. The van der Waals surface area contributed by atoms with Gasteiger partial charge in [0.1, 0.15) is 41.9 Å². The van der Waals surface area contributed by atoms with Gasteiger partial charge >= 0.3 is 15.6 Å². The van der Waals surface area contributed by atoms with Crippen LogP contribution in [0.5, 0.6) is 0 Å². The molecule has 3 aliphatic rings. The second-order valence-electron chi connectivity index (χ2n) is 11.0. The summed E-state index contributed by atoms with van der Waals surface area (Å²) in [5, 5.41) is 9.93.